The quantitative estimate of drug-likeness (QED) is 0.590. The van der Waals surface area contributed by atoms with Crippen molar-refractivity contribution in [3.8, 4) is 17.0 Å². The predicted octanol–water partition coefficient (Wildman–Crippen LogP) is 2.23. The first-order chi connectivity index (χ1) is 15.2. The van der Waals surface area contributed by atoms with Crippen molar-refractivity contribution in [2.45, 2.75) is 31.3 Å². The van der Waals surface area contributed by atoms with Gasteiger partial charge in [-0.05, 0) is 37.1 Å². The molecule has 2 unspecified atom stereocenters. The van der Waals surface area contributed by atoms with Crippen LogP contribution >= 0.6 is 0 Å². The summed E-state index contributed by atoms with van der Waals surface area (Å²) in [5, 5.41) is 7.82. The van der Waals surface area contributed by atoms with Crippen LogP contribution in [0.4, 0.5) is 0 Å². The minimum absolute atomic E-state index is 0.0484. The van der Waals surface area contributed by atoms with Crippen LogP contribution in [0.25, 0.3) is 16.9 Å². The number of hydrogen-bond donors (Lipinski definition) is 1. The summed E-state index contributed by atoms with van der Waals surface area (Å²) in [5.74, 6) is 0.873. The summed E-state index contributed by atoms with van der Waals surface area (Å²) in [6, 6.07) is 10.5. The average Bonchev–Trinajstić information content (AvgIpc) is 3.34. The Bertz CT molecular complexity index is 1090. The second-order valence-corrected chi connectivity index (χ2v) is 8.15. The minimum Gasteiger partial charge on any atom is -0.497 e. The van der Waals surface area contributed by atoms with Gasteiger partial charge in [0.05, 0.1) is 31.6 Å². The molecule has 0 saturated carbocycles. The van der Waals surface area contributed by atoms with Gasteiger partial charge in [-0.3, -0.25) is 9.69 Å². The van der Waals surface area contributed by atoms with E-state index in [1.54, 1.807) is 14.2 Å². The van der Waals surface area contributed by atoms with E-state index in [2.05, 4.69) is 10.2 Å². The molecule has 2 aliphatic rings. The van der Waals surface area contributed by atoms with Gasteiger partial charge < -0.3 is 14.8 Å². The summed E-state index contributed by atoms with van der Waals surface area (Å²) in [4.78, 5) is 19.4. The van der Waals surface area contributed by atoms with E-state index in [9.17, 15) is 4.79 Å². The highest BCUT2D eigenvalue weighted by Gasteiger charge is 2.42. The molecule has 1 aromatic carbocycles. The van der Waals surface area contributed by atoms with E-state index < -0.39 is 0 Å². The predicted molar refractivity (Wildman–Crippen MR) is 116 cm³/mol. The number of rotatable bonds is 7. The number of nitrogens with one attached hydrogen (secondary N) is 1. The third kappa shape index (κ3) is 3.66. The number of carbonyl (C=O) groups excluding carboxylic acids is 1. The summed E-state index contributed by atoms with van der Waals surface area (Å²) in [7, 11) is 3.30. The van der Waals surface area contributed by atoms with Gasteiger partial charge in [0, 0.05) is 55.5 Å². The lowest BCUT2D eigenvalue weighted by molar-refractivity contribution is -0.123. The zero-order valence-corrected chi connectivity index (χ0v) is 17.9. The van der Waals surface area contributed by atoms with Gasteiger partial charge in [0.2, 0.25) is 5.91 Å². The van der Waals surface area contributed by atoms with E-state index >= 15 is 0 Å². The summed E-state index contributed by atoms with van der Waals surface area (Å²) in [5.41, 5.74) is 5.20. The van der Waals surface area contributed by atoms with Crippen molar-refractivity contribution in [3.05, 3.63) is 47.8 Å². The van der Waals surface area contributed by atoms with Gasteiger partial charge >= 0.3 is 0 Å². The molecule has 1 amide bonds. The molecule has 5 rings (SSSR count). The Balaban J connectivity index is 1.41. The topological polar surface area (TPSA) is 81.0 Å². The Morgan fingerprint density at radius 1 is 1.23 bits per heavy atom. The minimum atomic E-state index is 0.0484. The fraction of sp³-hybridized carbons (Fsp3) is 0.435. The Morgan fingerprint density at radius 3 is 2.84 bits per heavy atom. The Hall–Kier alpha value is -2.97. The van der Waals surface area contributed by atoms with Crippen LogP contribution in [0.1, 0.15) is 30.1 Å². The van der Waals surface area contributed by atoms with Crippen LogP contribution in [0.15, 0.2) is 36.5 Å². The maximum atomic E-state index is 12.4. The highest BCUT2D eigenvalue weighted by atomic mass is 16.5. The maximum Gasteiger partial charge on any atom is 0.234 e. The highest BCUT2D eigenvalue weighted by Crippen LogP contribution is 2.43. The van der Waals surface area contributed by atoms with Crippen molar-refractivity contribution in [1.82, 2.24) is 24.8 Å². The first-order valence-electron chi connectivity index (χ1n) is 10.7. The molecular formula is C23H27N5O3. The molecule has 2 atom stereocenters. The number of fused-ring (bicyclic) bond motifs is 6. The molecule has 1 N–H and O–H groups in total. The lowest BCUT2D eigenvalue weighted by atomic mass is 9.99. The number of amides is 1. The SMILES string of the molecule is COCCNC(=O)CN1C2CCC1c1cnc3cc(-c4ccc(OC)cc4)nn3c1C2. The lowest BCUT2D eigenvalue weighted by Crippen LogP contribution is -2.45. The molecule has 31 heavy (non-hydrogen) atoms. The lowest BCUT2D eigenvalue weighted by Gasteiger charge is -2.35. The Kier molecular flexibility index (Phi) is 5.33. The van der Waals surface area contributed by atoms with Crippen molar-refractivity contribution in [2.24, 2.45) is 0 Å². The molecular weight excluding hydrogens is 394 g/mol. The molecule has 1 fully saturated rings. The van der Waals surface area contributed by atoms with Gasteiger partial charge in [0.25, 0.3) is 0 Å². The Labute approximate surface area is 181 Å². The van der Waals surface area contributed by atoms with Crippen molar-refractivity contribution in [1.29, 1.82) is 0 Å². The van der Waals surface area contributed by atoms with Gasteiger partial charge in [-0.2, -0.15) is 5.10 Å². The third-order valence-electron chi connectivity index (χ3n) is 6.39. The zero-order chi connectivity index (χ0) is 21.4. The molecule has 1 saturated heterocycles. The molecule has 8 heteroatoms. The molecule has 4 heterocycles. The molecule has 2 aliphatic heterocycles. The fourth-order valence-corrected chi connectivity index (χ4v) is 4.85. The first kappa shape index (κ1) is 20.0. The molecule has 8 nitrogen and oxygen atoms in total. The highest BCUT2D eigenvalue weighted by molar-refractivity contribution is 5.78. The van der Waals surface area contributed by atoms with Crippen LogP contribution < -0.4 is 10.1 Å². The van der Waals surface area contributed by atoms with E-state index in [1.807, 2.05) is 41.0 Å². The van der Waals surface area contributed by atoms with Gasteiger partial charge in [0.15, 0.2) is 5.65 Å². The molecule has 2 bridgehead atoms. The fourth-order valence-electron chi connectivity index (χ4n) is 4.85. The largest absolute Gasteiger partial charge is 0.497 e. The van der Waals surface area contributed by atoms with Crippen LogP contribution in [-0.4, -0.2) is 65.4 Å². The molecule has 3 aromatic rings. The summed E-state index contributed by atoms with van der Waals surface area (Å²) in [6.07, 6.45) is 4.98. The molecule has 0 radical (unpaired) electrons. The normalized spacial score (nSPS) is 20.1. The number of hydrogen-bond acceptors (Lipinski definition) is 6. The molecule has 0 spiro atoms. The summed E-state index contributed by atoms with van der Waals surface area (Å²) >= 11 is 0. The number of aromatic nitrogens is 3. The van der Waals surface area contributed by atoms with Crippen molar-refractivity contribution in [3.63, 3.8) is 0 Å². The van der Waals surface area contributed by atoms with E-state index in [1.165, 1.54) is 11.3 Å². The molecule has 2 aromatic heterocycles. The second kappa shape index (κ2) is 8.28. The molecule has 0 aliphatic carbocycles. The standard InChI is InChI=1S/C23H27N5O3/c1-30-10-9-24-23(29)14-27-16-5-8-20(27)18-13-25-22-12-19(26-28(22)21(18)11-16)15-3-6-17(31-2)7-4-15/h3-4,6-7,12-13,16,20H,5,8-11,14H2,1-2H3,(H,24,29). The van der Waals surface area contributed by atoms with Crippen molar-refractivity contribution < 1.29 is 14.3 Å². The summed E-state index contributed by atoms with van der Waals surface area (Å²) in [6.45, 7) is 1.48. The van der Waals surface area contributed by atoms with Crippen LogP contribution in [0.5, 0.6) is 5.75 Å². The number of ether oxygens (including phenoxy) is 2. The first-order valence-corrected chi connectivity index (χ1v) is 10.7. The van der Waals surface area contributed by atoms with Gasteiger partial charge in [-0.25, -0.2) is 9.50 Å². The number of methoxy groups -OCH3 is 2. The monoisotopic (exact) mass is 421 g/mol. The van der Waals surface area contributed by atoms with Crippen LogP contribution in [0.3, 0.4) is 0 Å². The van der Waals surface area contributed by atoms with E-state index in [0.717, 1.165) is 41.9 Å². The van der Waals surface area contributed by atoms with Crippen LogP contribution in [0.2, 0.25) is 0 Å². The number of nitrogens with zero attached hydrogens (tertiary/aromatic N) is 4. The van der Waals surface area contributed by atoms with E-state index in [0.29, 0.717) is 25.7 Å². The van der Waals surface area contributed by atoms with Gasteiger partial charge in [-0.15, -0.1) is 0 Å². The van der Waals surface area contributed by atoms with Crippen LogP contribution in [0, 0.1) is 0 Å². The number of benzene rings is 1. The van der Waals surface area contributed by atoms with Crippen molar-refractivity contribution in [2.75, 3.05) is 33.9 Å². The average molecular weight is 422 g/mol. The van der Waals surface area contributed by atoms with Gasteiger partial charge in [0.1, 0.15) is 5.75 Å². The molecule has 162 valence electrons. The second-order valence-electron chi connectivity index (χ2n) is 8.15. The van der Waals surface area contributed by atoms with E-state index in [-0.39, 0.29) is 11.9 Å². The van der Waals surface area contributed by atoms with E-state index in [4.69, 9.17) is 19.6 Å². The summed E-state index contributed by atoms with van der Waals surface area (Å²) < 4.78 is 12.3. The van der Waals surface area contributed by atoms with Crippen molar-refractivity contribution >= 4 is 11.6 Å². The Morgan fingerprint density at radius 2 is 2.06 bits per heavy atom. The van der Waals surface area contributed by atoms with Gasteiger partial charge in [-0.1, -0.05) is 0 Å². The smallest absolute Gasteiger partial charge is 0.234 e. The maximum absolute atomic E-state index is 12.4. The zero-order valence-electron chi connectivity index (χ0n) is 17.9. The number of carbonyl (C=O) groups is 1. The van der Waals surface area contributed by atoms with Crippen LogP contribution in [-0.2, 0) is 16.0 Å². The third-order valence-corrected chi connectivity index (χ3v) is 6.39.